The smallest absolute Gasteiger partial charge is 0.265 e. The van der Waals surface area contributed by atoms with Gasteiger partial charge in [-0.3, -0.25) is 14.2 Å². The molecule has 3 heterocycles. The molecule has 2 aromatic carbocycles. The van der Waals surface area contributed by atoms with Crippen LogP contribution in [0.4, 0.5) is 0 Å². The number of hydrogen-bond acceptors (Lipinski definition) is 6. The van der Waals surface area contributed by atoms with E-state index in [0.29, 0.717) is 52.9 Å². The van der Waals surface area contributed by atoms with Crippen molar-refractivity contribution in [3.63, 3.8) is 0 Å². The Balaban J connectivity index is 1.81. The summed E-state index contributed by atoms with van der Waals surface area (Å²) in [5.41, 5.74) is 6.01. The van der Waals surface area contributed by atoms with Gasteiger partial charge in [0.2, 0.25) is 0 Å². The van der Waals surface area contributed by atoms with Gasteiger partial charge in [0.05, 0.1) is 35.2 Å². The van der Waals surface area contributed by atoms with Crippen molar-refractivity contribution in [3.8, 4) is 27.5 Å². The first-order chi connectivity index (χ1) is 20.8. The van der Waals surface area contributed by atoms with E-state index in [-0.39, 0.29) is 30.0 Å². The van der Waals surface area contributed by atoms with Crippen molar-refractivity contribution in [2.24, 2.45) is 5.92 Å². The maximum atomic E-state index is 14.7. The quantitative estimate of drug-likeness (QED) is 0.240. The van der Waals surface area contributed by atoms with Crippen LogP contribution < -0.4 is 10.9 Å². The molecule has 0 radical (unpaired) electrons. The summed E-state index contributed by atoms with van der Waals surface area (Å²) in [7, 11) is 0. The number of nitrogens with zero attached hydrogens (tertiary/aromatic N) is 3. The van der Waals surface area contributed by atoms with Crippen molar-refractivity contribution < 1.29 is 9.90 Å². The van der Waals surface area contributed by atoms with E-state index in [1.54, 1.807) is 15.5 Å². The first-order valence-electron chi connectivity index (χ1n) is 15.0. The average molecular weight is 619 g/mol. The van der Waals surface area contributed by atoms with Crippen LogP contribution in [0.2, 0.25) is 5.02 Å². The number of aliphatic hydroxyl groups excluding tert-OH is 1. The molecule has 43 heavy (non-hydrogen) atoms. The minimum atomic E-state index is -0.345. The number of pyridine rings is 1. The number of rotatable bonds is 9. The Labute approximate surface area is 262 Å². The number of aromatic nitrogens is 2. The molecule has 2 aromatic heterocycles. The lowest BCUT2D eigenvalue weighted by atomic mass is 9.96. The number of thiazole rings is 1. The Bertz CT molecular complexity index is 1640. The molecule has 7 nitrogen and oxygen atoms in total. The number of carbonyl (C=O) groups excluding carboxylic acids is 1. The summed E-state index contributed by atoms with van der Waals surface area (Å²) in [5.74, 6) is 0.0163. The predicted octanol–water partition coefficient (Wildman–Crippen LogP) is 6.01. The molecule has 0 saturated carbocycles. The number of hydrogen-bond donors (Lipinski definition) is 2. The first kappa shape index (κ1) is 31.1. The zero-order valence-corrected chi connectivity index (χ0v) is 26.8. The van der Waals surface area contributed by atoms with E-state index in [2.05, 4.69) is 45.1 Å². The van der Waals surface area contributed by atoms with Gasteiger partial charge in [0, 0.05) is 41.3 Å². The summed E-state index contributed by atoms with van der Waals surface area (Å²) in [5, 5.41) is 16.5. The minimum Gasteiger partial charge on any atom is -0.394 e. The fourth-order valence-corrected chi connectivity index (χ4v) is 6.78. The minimum absolute atomic E-state index is 0.139. The molecule has 1 atom stereocenters. The van der Waals surface area contributed by atoms with E-state index in [1.807, 2.05) is 35.7 Å². The topological polar surface area (TPSA) is 87.5 Å². The molecule has 1 saturated heterocycles. The largest absolute Gasteiger partial charge is 0.394 e. The number of carbonyl (C=O) groups is 1. The molecular weight excluding hydrogens is 580 g/mol. The van der Waals surface area contributed by atoms with Crippen LogP contribution >= 0.6 is 22.9 Å². The third-order valence-corrected chi connectivity index (χ3v) is 9.15. The van der Waals surface area contributed by atoms with Gasteiger partial charge >= 0.3 is 0 Å². The van der Waals surface area contributed by atoms with Gasteiger partial charge in [-0.05, 0) is 54.5 Å². The van der Waals surface area contributed by atoms with E-state index in [0.717, 1.165) is 40.9 Å². The van der Waals surface area contributed by atoms with E-state index in [9.17, 15) is 14.7 Å². The second-order valence-corrected chi connectivity index (χ2v) is 12.7. The molecule has 9 heteroatoms. The lowest BCUT2D eigenvalue weighted by molar-refractivity contribution is 0.0534. The molecule has 226 valence electrons. The molecule has 5 rings (SSSR count). The highest BCUT2D eigenvalue weighted by atomic mass is 35.5. The van der Waals surface area contributed by atoms with Gasteiger partial charge in [-0.25, -0.2) is 4.98 Å². The molecule has 1 unspecified atom stereocenters. The third kappa shape index (κ3) is 6.34. The number of halogens is 1. The lowest BCUT2D eigenvalue weighted by Crippen LogP contribution is -2.55. The zero-order chi connectivity index (χ0) is 30.7. The normalized spacial score (nSPS) is 15.3. The van der Waals surface area contributed by atoms with E-state index >= 15 is 0 Å². The summed E-state index contributed by atoms with van der Waals surface area (Å²) >= 11 is 7.50. The lowest BCUT2D eigenvalue weighted by Gasteiger charge is -2.36. The Kier molecular flexibility index (Phi) is 9.82. The number of para-hydroxylation sites is 1. The summed E-state index contributed by atoms with van der Waals surface area (Å²) in [4.78, 5) is 35.8. The summed E-state index contributed by atoms with van der Waals surface area (Å²) in [6.07, 6.45) is 2.03. The Morgan fingerprint density at radius 2 is 1.84 bits per heavy atom. The van der Waals surface area contributed by atoms with Crippen LogP contribution in [0.5, 0.6) is 0 Å². The molecule has 4 aromatic rings. The molecule has 0 bridgehead atoms. The molecule has 2 N–H and O–H groups in total. The molecule has 1 fully saturated rings. The molecule has 1 aliphatic heterocycles. The fraction of sp³-hybridized carbons (Fsp3) is 0.382. The van der Waals surface area contributed by atoms with Crippen LogP contribution in [0, 0.1) is 5.92 Å². The Morgan fingerprint density at radius 1 is 1.14 bits per heavy atom. The van der Waals surface area contributed by atoms with E-state index in [4.69, 9.17) is 16.6 Å². The maximum absolute atomic E-state index is 14.7. The van der Waals surface area contributed by atoms with Gasteiger partial charge in [0.1, 0.15) is 5.01 Å². The summed E-state index contributed by atoms with van der Waals surface area (Å²) in [6.45, 7) is 9.88. The number of aliphatic hydroxyl groups is 1. The third-order valence-electron chi connectivity index (χ3n) is 8.02. The van der Waals surface area contributed by atoms with Gasteiger partial charge in [0.25, 0.3) is 11.5 Å². The number of nitrogens with one attached hydrogen (secondary N) is 1. The molecule has 0 aliphatic carbocycles. The van der Waals surface area contributed by atoms with Crippen LogP contribution in [-0.2, 0) is 19.3 Å². The van der Waals surface area contributed by atoms with Crippen molar-refractivity contribution in [2.75, 3.05) is 26.2 Å². The zero-order valence-electron chi connectivity index (χ0n) is 25.2. The molecule has 1 amide bonds. The predicted molar refractivity (Wildman–Crippen MR) is 176 cm³/mol. The van der Waals surface area contributed by atoms with Crippen LogP contribution in [0.1, 0.15) is 54.9 Å². The maximum Gasteiger partial charge on any atom is 0.265 e. The second kappa shape index (κ2) is 13.6. The Morgan fingerprint density at radius 3 is 2.47 bits per heavy atom. The van der Waals surface area contributed by atoms with Crippen molar-refractivity contribution in [1.29, 1.82) is 0 Å². The highest BCUT2D eigenvalue weighted by molar-refractivity contribution is 7.13. The van der Waals surface area contributed by atoms with Gasteiger partial charge in [0.15, 0.2) is 0 Å². The number of amides is 1. The van der Waals surface area contributed by atoms with Crippen LogP contribution in [0.15, 0.2) is 58.7 Å². The second-order valence-electron chi connectivity index (χ2n) is 11.4. The SMILES string of the molecule is CCc1cccc(CC)c1-n1c(CC(C)C)c(C(=O)N2CCNCC2CO)cc(-c2nc(-c3ccc(Cl)cc3)cs2)c1=O. The highest BCUT2D eigenvalue weighted by Crippen LogP contribution is 2.32. The van der Waals surface area contributed by atoms with E-state index < -0.39 is 0 Å². The van der Waals surface area contributed by atoms with Gasteiger partial charge in [-0.1, -0.05) is 69.6 Å². The number of aryl methyl sites for hydroxylation is 2. The van der Waals surface area contributed by atoms with Crippen LogP contribution in [0.3, 0.4) is 0 Å². The molecular formula is C34H39ClN4O3S. The van der Waals surface area contributed by atoms with Crippen LogP contribution in [-0.4, -0.2) is 57.7 Å². The number of piperazine rings is 1. The average Bonchev–Trinajstić information content (AvgIpc) is 3.51. The first-order valence-corrected chi connectivity index (χ1v) is 16.3. The molecule has 1 aliphatic rings. The van der Waals surface area contributed by atoms with E-state index in [1.165, 1.54) is 11.3 Å². The fourth-order valence-electron chi connectivity index (χ4n) is 5.81. The van der Waals surface area contributed by atoms with Crippen molar-refractivity contribution >= 4 is 28.8 Å². The highest BCUT2D eigenvalue weighted by Gasteiger charge is 2.32. The van der Waals surface area contributed by atoms with Gasteiger partial charge in [-0.2, -0.15) is 0 Å². The van der Waals surface area contributed by atoms with Crippen molar-refractivity contribution in [2.45, 2.75) is 53.0 Å². The number of benzene rings is 2. The van der Waals surface area contributed by atoms with Gasteiger partial charge in [-0.15, -0.1) is 11.3 Å². The Hall–Kier alpha value is -3.30. The molecule has 0 spiro atoms. The van der Waals surface area contributed by atoms with Gasteiger partial charge < -0.3 is 15.3 Å². The summed E-state index contributed by atoms with van der Waals surface area (Å²) < 4.78 is 1.81. The standard InChI is InChI=1S/C34H39ClN4O3S/c1-5-22-8-7-9-23(6-2)31(22)39-30(16-21(3)4)27(33(41)38-15-14-36-18-26(38)19-40)17-28(34(39)42)32-37-29(20-43-32)24-10-12-25(35)13-11-24/h7-13,17,20-21,26,36,40H,5-6,14-16,18-19H2,1-4H3. The summed E-state index contributed by atoms with van der Waals surface area (Å²) in [6, 6.07) is 15.0. The monoisotopic (exact) mass is 618 g/mol. The van der Waals surface area contributed by atoms with Crippen molar-refractivity contribution in [3.05, 3.63) is 91.7 Å². The van der Waals surface area contributed by atoms with Crippen LogP contribution in [0.25, 0.3) is 27.5 Å². The van der Waals surface area contributed by atoms with Crippen molar-refractivity contribution in [1.82, 2.24) is 19.8 Å².